The molecule has 0 spiro atoms. The SMILES string of the molecule is COc1ccc(C[C@H](N)CSC)cc1NS(=O)O. The first-order valence-electron chi connectivity index (χ1n) is 5.35. The molecule has 0 saturated heterocycles. The lowest BCUT2D eigenvalue weighted by Crippen LogP contribution is -2.25. The van der Waals surface area contributed by atoms with Gasteiger partial charge < -0.3 is 10.5 Å². The number of benzene rings is 1. The van der Waals surface area contributed by atoms with Crippen LogP contribution in [0.1, 0.15) is 5.56 Å². The first-order valence-corrected chi connectivity index (χ1v) is 7.85. The molecule has 0 bridgehead atoms. The molecular formula is C11H18N2O3S2. The Bertz CT molecular complexity index is 415. The summed E-state index contributed by atoms with van der Waals surface area (Å²) in [5, 5.41) is 0. The maximum absolute atomic E-state index is 10.8. The molecule has 0 amide bonds. The Labute approximate surface area is 114 Å². The fraction of sp³-hybridized carbons (Fsp3) is 0.455. The summed E-state index contributed by atoms with van der Waals surface area (Å²) >= 11 is -0.421. The van der Waals surface area contributed by atoms with E-state index in [1.165, 1.54) is 7.11 Å². The Morgan fingerprint density at radius 3 is 2.89 bits per heavy atom. The smallest absolute Gasteiger partial charge is 0.259 e. The number of ether oxygens (including phenoxy) is 1. The monoisotopic (exact) mass is 290 g/mol. The van der Waals surface area contributed by atoms with Gasteiger partial charge in [-0.3, -0.25) is 9.27 Å². The van der Waals surface area contributed by atoms with Gasteiger partial charge in [-0.1, -0.05) is 6.07 Å². The van der Waals surface area contributed by atoms with E-state index in [0.29, 0.717) is 11.4 Å². The first-order chi connectivity index (χ1) is 8.56. The van der Waals surface area contributed by atoms with Gasteiger partial charge in [0, 0.05) is 11.8 Å². The van der Waals surface area contributed by atoms with Crippen molar-refractivity contribution in [3.63, 3.8) is 0 Å². The summed E-state index contributed by atoms with van der Waals surface area (Å²) in [6.07, 6.45) is 2.73. The van der Waals surface area contributed by atoms with Crippen molar-refractivity contribution in [1.29, 1.82) is 0 Å². The van der Waals surface area contributed by atoms with E-state index in [1.807, 2.05) is 12.3 Å². The van der Waals surface area contributed by atoms with Crippen LogP contribution in [0.15, 0.2) is 18.2 Å². The summed E-state index contributed by atoms with van der Waals surface area (Å²) in [4.78, 5) is 0. The molecule has 102 valence electrons. The van der Waals surface area contributed by atoms with Crippen LogP contribution in [0.4, 0.5) is 5.69 Å². The molecule has 1 aromatic rings. The normalized spacial score (nSPS) is 14.0. The summed E-state index contributed by atoms with van der Waals surface area (Å²) in [5.41, 5.74) is 7.45. The third kappa shape index (κ3) is 4.85. The van der Waals surface area contributed by atoms with Crippen molar-refractivity contribution in [2.75, 3.05) is 23.8 Å². The second-order valence-electron chi connectivity index (χ2n) is 3.81. The van der Waals surface area contributed by atoms with Crippen LogP contribution >= 0.6 is 11.8 Å². The van der Waals surface area contributed by atoms with Gasteiger partial charge in [-0.2, -0.15) is 11.8 Å². The minimum Gasteiger partial charge on any atom is -0.495 e. The van der Waals surface area contributed by atoms with Crippen LogP contribution in [0, 0.1) is 0 Å². The summed E-state index contributed by atoms with van der Waals surface area (Å²) in [6, 6.07) is 5.52. The average molecular weight is 290 g/mol. The van der Waals surface area contributed by atoms with E-state index >= 15 is 0 Å². The van der Waals surface area contributed by atoms with E-state index in [9.17, 15) is 4.21 Å². The van der Waals surface area contributed by atoms with E-state index in [4.69, 9.17) is 15.0 Å². The quantitative estimate of drug-likeness (QED) is 0.662. The van der Waals surface area contributed by atoms with E-state index < -0.39 is 11.3 Å². The largest absolute Gasteiger partial charge is 0.495 e. The number of anilines is 1. The average Bonchev–Trinajstić information content (AvgIpc) is 2.28. The molecule has 0 aliphatic carbocycles. The maximum atomic E-state index is 10.8. The van der Waals surface area contributed by atoms with Gasteiger partial charge >= 0.3 is 0 Å². The molecule has 0 aliphatic rings. The van der Waals surface area contributed by atoms with Gasteiger partial charge in [0.05, 0.1) is 12.8 Å². The number of hydrogen-bond acceptors (Lipinski definition) is 4. The highest BCUT2D eigenvalue weighted by molar-refractivity contribution is 7.98. The van der Waals surface area contributed by atoms with Crippen molar-refractivity contribution < 1.29 is 13.5 Å². The second kappa shape index (κ2) is 7.63. The van der Waals surface area contributed by atoms with Crippen LogP contribution in [0.2, 0.25) is 0 Å². The fourth-order valence-corrected chi connectivity index (χ4v) is 2.53. The Morgan fingerprint density at radius 2 is 2.33 bits per heavy atom. The van der Waals surface area contributed by atoms with Gasteiger partial charge in [0.25, 0.3) is 11.3 Å². The molecule has 7 heteroatoms. The maximum Gasteiger partial charge on any atom is 0.259 e. The van der Waals surface area contributed by atoms with Gasteiger partial charge in [-0.15, -0.1) is 0 Å². The lowest BCUT2D eigenvalue weighted by molar-refractivity contribution is 0.416. The van der Waals surface area contributed by atoms with Crippen LogP contribution in [-0.2, 0) is 17.7 Å². The molecule has 0 aromatic heterocycles. The van der Waals surface area contributed by atoms with Crippen LogP contribution < -0.4 is 15.2 Å². The fourth-order valence-electron chi connectivity index (χ4n) is 1.63. The number of thioether (sulfide) groups is 1. The van der Waals surface area contributed by atoms with Gasteiger partial charge in [0.2, 0.25) is 0 Å². The van der Waals surface area contributed by atoms with Gasteiger partial charge in [-0.25, -0.2) is 4.21 Å². The molecule has 0 radical (unpaired) electrons. The third-order valence-corrected chi connectivity index (χ3v) is 3.50. The molecule has 0 fully saturated rings. The zero-order valence-electron chi connectivity index (χ0n) is 10.4. The van der Waals surface area contributed by atoms with Crippen molar-refractivity contribution in [2.24, 2.45) is 5.73 Å². The Kier molecular flexibility index (Phi) is 6.48. The molecule has 1 unspecified atom stereocenters. The summed E-state index contributed by atoms with van der Waals surface area (Å²) in [7, 11) is 1.51. The molecular weight excluding hydrogens is 272 g/mol. The molecule has 1 rings (SSSR count). The number of nitrogens with two attached hydrogens (primary N) is 1. The van der Waals surface area contributed by atoms with E-state index in [0.717, 1.165) is 17.7 Å². The van der Waals surface area contributed by atoms with Crippen molar-refractivity contribution in [3.8, 4) is 5.75 Å². The van der Waals surface area contributed by atoms with E-state index in [2.05, 4.69) is 4.72 Å². The van der Waals surface area contributed by atoms with E-state index in [1.54, 1.807) is 23.9 Å². The van der Waals surface area contributed by atoms with Gasteiger partial charge in [-0.05, 0) is 30.4 Å². The molecule has 5 nitrogen and oxygen atoms in total. The minimum atomic E-state index is -2.12. The Balaban J connectivity index is 2.84. The second-order valence-corrected chi connectivity index (χ2v) is 5.42. The van der Waals surface area contributed by atoms with E-state index in [-0.39, 0.29) is 6.04 Å². The van der Waals surface area contributed by atoms with Crippen LogP contribution in [0.5, 0.6) is 5.75 Å². The predicted molar refractivity (Wildman–Crippen MR) is 77.4 cm³/mol. The highest BCUT2D eigenvalue weighted by Crippen LogP contribution is 2.26. The van der Waals surface area contributed by atoms with Crippen molar-refractivity contribution in [1.82, 2.24) is 0 Å². The molecule has 1 aromatic carbocycles. The lowest BCUT2D eigenvalue weighted by Gasteiger charge is -2.13. The molecule has 0 heterocycles. The van der Waals surface area contributed by atoms with Crippen molar-refractivity contribution in [2.45, 2.75) is 12.5 Å². The van der Waals surface area contributed by atoms with Gasteiger partial charge in [0.15, 0.2) is 0 Å². The van der Waals surface area contributed by atoms with Crippen molar-refractivity contribution in [3.05, 3.63) is 23.8 Å². The Morgan fingerprint density at radius 1 is 1.61 bits per heavy atom. The molecule has 18 heavy (non-hydrogen) atoms. The molecule has 4 N–H and O–H groups in total. The summed E-state index contributed by atoms with van der Waals surface area (Å²) < 4.78 is 27.2. The van der Waals surface area contributed by atoms with Crippen LogP contribution in [0.25, 0.3) is 0 Å². The predicted octanol–water partition coefficient (Wildman–Crippen LogP) is 1.48. The lowest BCUT2D eigenvalue weighted by atomic mass is 10.1. The number of nitrogens with one attached hydrogen (secondary N) is 1. The Hall–Kier alpha value is -0.760. The number of methoxy groups -OCH3 is 1. The highest BCUT2D eigenvalue weighted by atomic mass is 32.2. The summed E-state index contributed by atoms with van der Waals surface area (Å²) in [6.45, 7) is 0. The van der Waals surface area contributed by atoms with Crippen LogP contribution in [0.3, 0.4) is 0 Å². The molecule has 0 aliphatic heterocycles. The highest BCUT2D eigenvalue weighted by Gasteiger charge is 2.09. The number of hydrogen-bond donors (Lipinski definition) is 3. The topological polar surface area (TPSA) is 84.6 Å². The summed E-state index contributed by atoms with van der Waals surface area (Å²) in [5.74, 6) is 1.40. The molecule has 0 saturated carbocycles. The zero-order valence-corrected chi connectivity index (χ0v) is 12.0. The minimum absolute atomic E-state index is 0.0702. The van der Waals surface area contributed by atoms with Crippen molar-refractivity contribution >= 4 is 28.7 Å². The standard InChI is InChI=1S/C11H18N2O3S2/c1-16-11-4-3-8(5-9(12)7-17-2)6-10(11)13-18(14)15/h3-4,6,9,13H,5,7,12H2,1-2H3,(H,14,15)/t9-/m0/s1. The number of rotatable bonds is 7. The van der Waals surface area contributed by atoms with Crippen LogP contribution in [-0.4, -0.2) is 33.9 Å². The third-order valence-electron chi connectivity index (χ3n) is 2.34. The zero-order chi connectivity index (χ0) is 13.5. The van der Waals surface area contributed by atoms with Gasteiger partial charge in [0.1, 0.15) is 5.75 Å². The first kappa shape index (κ1) is 15.3. The molecule has 2 atom stereocenters.